The number of nitrogens with zero attached hydrogens (tertiary/aromatic N) is 1. The fourth-order valence-corrected chi connectivity index (χ4v) is 1.96. The highest BCUT2D eigenvalue weighted by Crippen LogP contribution is 2.42. The lowest BCUT2D eigenvalue weighted by molar-refractivity contribution is 0.0526. The van der Waals surface area contributed by atoms with Gasteiger partial charge < -0.3 is 21.1 Å². The molecule has 22 heavy (non-hydrogen) atoms. The first-order valence-electron chi connectivity index (χ1n) is 7.36. The largest absolute Gasteiger partial charge is 0.444 e. The molecule has 122 valence electrons. The summed E-state index contributed by atoms with van der Waals surface area (Å²) in [4.78, 5) is 23.4. The lowest BCUT2D eigenvalue weighted by Gasteiger charge is -2.19. The maximum atomic E-state index is 12.0. The second-order valence-corrected chi connectivity index (χ2v) is 6.36. The number of amides is 2. The van der Waals surface area contributed by atoms with Crippen molar-refractivity contribution in [1.82, 2.24) is 20.8 Å². The highest BCUT2D eigenvalue weighted by molar-refractivity contribution is 5.97. The van der Waals surface area contributed by atoms with Crippen molar-refractivity contribution in [2.75, 3.05) is 18.8 Å². The third-order valence-corrected chi connectivity index (χ3v) is 3.11. The van der Waals surface area contributed by atoms with Crippen molar-refractivity contribution in [2.24, 2.45) is 0 Å². The van der Waals surface area contributed by atoms with E-state index in [4.69, 9.17) is 10.5 Å². The Bertz CT molecular complexity index is 557. The molecule has 1 saturated carbocycles. The molecule has 1 aliphatic rings. The van der Waals surface area contributed by atoms with Crippen molar-refractivity contribution in [1.29, 1.82) is 0 Å². The van der Waals surface area contributed by atoms with E-state index < -0.39 is 11.7 Å². The first-order valence-corrected chi connectivity index (χ1v) is 7.36. The first-order chi connectivity index (χ1) is 10.3. The second-order valence-electron chi connectivity index (χ2n) is 6.36. The number of aromatic nitrogens is 2. The lowest BCUT2D eigenvalue weighted by Crippen LogP contribution is -2.38. The molecule has 8 heteroatoms. The molecule has 2 rings (SSSR count). The monoisotopic (exact) mass is 309 g/mol. The van der Waals surface area contributed by atoms with E-state index in [1.165, 1.54) is 0 Å². The molecule has 0 radical (unpaired) electrons. The molecule has 0 saturated heterocycles. The number of hydrogen-bond donors (Lipinski definition) is 4. The molecule has 0 unspecified atom stereocenters. The molecule has 0 aromatic carbocycles. The summed E-state index contributed by atoms with van der Waals surface area (Å²) in [5.41, 5.74) is 6.85. The van der Waals surface area contributed by atoms with Gasteiger partial charge in [0.15, 0.2) is 5.69 Å². The van der Waals surface area contributed by atoms with Crippen LogP contribution < -0.4 is 16.4 Å². The molecule has 0 bridgehead atoms. The quantitative estimate of drug-likeness (QED) is 0.607. The Hall–Kier alpha value is -2.25. The minimum Gasteiger partial charge on any atom is -0.444 e. The molecule has 5 N–H and O–H groups in total. The zero-order chi connectivity index (χ0) is 16.3. The third kappa shape index (κ3) is 4.37. The number of nitrogen functional groups attached to an aromatic ring is 1. The van der Waals surface area contributed by atoms with Gasteiger partial charge in [0.2, 0.25) is 0 Å². The number of carbonyl (C=O) groups is 2. The molecular formula is C14H23N5O3. The third-order valence-electron chi connectivity index (χ3n) is 3.11. The van der Waals surface area contributed by atoms with Crippen molar-refractivity contribution >= 4 is 17.7 Å². The van der Waals surface area contributed by atoms with Crippen LogP contribution in [0.25, 0.3) is 0 Å². The number of carbonyl (C=O) groups excluding carboxylic acids is 2. The van der Waals surface area contributed by atoms with Crippen LogP contribution in [-0.2, 0) is 4.74 Å². The number of nitrogens with two attached hydrogens (primary N) is 1. The molecule has 1 aliphatic carbocycles. The molecule has 0 spiro atoms. The number of rotatable bonds is 5. The molecule has 1 aromatic heterocycles. The van der Waals surface area contributed by atoms with Crippen molar-refractivity contribution in [3.05, 3.63) is 11.4 Å². The number of aromatic amines is 1. The highest BCUT2D eigenvalue weighted by atomic mass is 16.6. The molecule has 1 fully saturated rings. The summed E-state index contributed by atoms with van der Waals surface area (Å²) < 4.78 is 5.09. The van der Waals surface area contributed by atoms with Crippen LogP contribution in [0, 0.1) is 0 Å². The van der Waals surface area contributed by atoms with Crippen LogP contribution in [-0.4, -0.2) is 40.9 Å². The van der Waals surface area contributed by atoms with Gasteiger partial charge in [0.05, 0.1) is 11.4 Å². The van der Waals surface area contributed by atoms with Gasteiger partial charge in [-0.25, -0.2) is 4.79 Å². The van der Waals surface area contributed by atoms with Crippen molar-refractivity contribution < 1.29 is 14.3 Å². The van der Waals surface area contributed by atoms with E-state index >= 15 is 0 Å². The minimum absolute atomic E-state index is 0.208. The summed E-state index contributed by atoms with van der Waals surface area (Å²) in [5, 5.41) is 12.0. The Kier molecular flexibility index (Phi) is 4.58. The van der Waals surface area contributed by atoms with Crippen LogP contribution >= 0.6 is 0 Å². The summed E-state index contributed by atoms with van der Waals surface area (Å²) in [6.45, 7) is 5.88. The minimum atomic E-state index is -0.546. The van der Waals surface area contributed by atoms with Gasteiger partial charge in [-0.3, -0.25) is 9.89 Å². The average molecular weight is 309 g/mol. The number of anilines is 1. The van der Waals surface area contributed by atoms with E-state index in [2.05, 4.69) is 20.8 Å². The van der Waals surface area contributed by atoms with Crippen LogP contribution in [0.3, 0.4) is 0 Å². The van der Waals surface area contributed by atoms with Gasteiger partial charge in [0.25, 0.3) is 5.91 Å². The molecule has 1 heterocycles. The summed E-state index contributed by atoms with van der Waals surface area (Å²) in [6, 6.07) is 0. The van der Waals surface area contributed by atoms with Crippen molar-refractivity contribution in [2.45, 2.75) is 45.1 Å². The van der Waals surface area contributed by atoms with Gasteiger partial charge in [-0.2, -0.15) is 5.10 Å². The summed E-state index contributed by atoms with van der Waals surface area (Å²) in [7, 11) is 0. The van der Waals surface area contributed by atoms with E-state index in [9.17, 15) is 9.59 Å². The van der Waals surface area contributed by atoms with Gasteiger partial charge in [-0.15, -0.1) is 0 Å². The van der Waals surface area contributed by atoms with E-state index in [1.54, 1.807) is 20.8 Å². The number of hydrogen-bond acceptors (Lipinski definition) is 5. The van der Waals surface area contributed by atoms with E-state index in [-0.39, 0.29) is 24.7 Å². The molecule has 1 aromatic rings. The van der Waals surface area contributed by atoms with Crippen LogP contribution in [0.15, 0.2) is 0 Å². The Labute approximate surface area is 129 Å². The van der Waals surface area contributed by atoms with Crippen molar-refractivity contribution in [3.63, 3.8) is 0 Å². The van der Waals surface area contributed by atoms with Gasteiger partial charge in [0.1, 0.15) is 5.60 Å². The molecule has 8 nitrogen and oxygen atoms in total. The Morgan fingerprint density at radius 3 is 2.55 bits per heavy atom. The normalized spacial score (nSPS) is 14.5. The van der Waals surface area contributed by atoms with Gasteiger partial charge >= 0.3 is 6.09 Å². The van der Waals surface area contributed by atoms with Crippen LogP contribution in [0.4, 0.5) is 10.5 Å². The fraction of sp³-hybridized carbons (Fsp3) is 0.643. The van der Waals surface area contributed by atoms with Crippen LogP contribution in [0.1, 0.15) is 55.7 Å². The molecule has 0 atom stereocenters. The summed E-state index contributed by atoms with van der Waals surface area (Å²) >= 11 is 0. The number of H-pyrrole nitrogens is 1. The predicted octanol–water partition coefficient (Wildman–Crippen LogP) is 1.12. The Morgan fingerprint density at radius 1 is 1.32 bits per heavy atom. The Balaban J connectivity index is 1.73. The highest BCUT2D eigenvalue weighted by Gasteiger charge is 2.30. The zero-order valence-electron chi connectivity index (χ0n) is 13.2. The fourth-order valence-electron chi connectivity index (χ4n) is 1.96. The molecule has 2 amide bonds. The topological polar surface area (TPSA) is 122 Å². The standard InChI is InChI=1S/C14H23N5O3/c1-14(2,3)22-13(21)17-7-6-16-12(20)11-9(15)10(18-19-11)8-4-5-8/h8H,4-7,15H2,1-3H3,(H,16,20)(H,17,21)(H,18,19). The first kappa shape index (κ1) is 16.1. The van der Waals surface area contributed by atoms with Crippen LogP contribution in [0.2, 0.25) is 0 Å². The second kappa shape index (κ2) is 6.25. The summed E-state index contributed by atoms with van der Waals surface area (Å²) in [5.74, 6) is 0.0505. The SMILES string of the molecule is CC(C)(C)OC(=O)NCCNC(=O)c1n[nH]c(C2CC2)c1N. The van der Waals surface area contributed by atoms with Gasteiger partial charge in [-0.1, -0.05) is 0 Å². The number of ether oxygens (including phenoxy) is 1. The molecule has 0 aliphatic heterocycles. The van der Waals surface area contributed by atoms with Crippen molar-refractivity contribution in [3.8, 4) is 0 Å². The Morgan fingerprint density at radius 2 is 1.95 bits per heavy atom. The number of alkyl carbamates (subject to hydrolysis) is 1. The lowest BCUT2D eigenvalue weighted by atomic mass is 10.2. The van der Waals surface area contributed by atoms with E-state index in [0.29, 0.717) is 11.6 Å². The van der Waals surface area contributed by atoms with E-state index in [1.807, 2.05) is 0 Å². The van der Waals surface area contributed by atoms with Gasteiger partial charge in [-0.05, 0) is 33.6 Å². The maximum absolute atomic E-state index is 12.0. The zero-order valence-corrected chi connectivity index (χ0v) is 13.2. The van der Waals surface area contributed by atoms with Gasteiger partial charge in [0, 0.05) is 19.0 Å². The maximum Gasteiger partial charge on any atom is 0.407 e. The predicted molar refractivity (Wildman–Crippen MR) is 81.5 cm³/mol. The molecular weight excluding hydrogens is 286 g/mol. The van der Waals surface area contributed by atoms with E-state index in [0.717, 1.165) is 18.5 Å². The smallest absolute Gasteiger partial charge is 0.407 e. The van der Waals surface area contributed by atoms with Crippen LogP contribution in [0.5, 0.6) is 0 Å². The summed E-state index contributed by atoms with van der Waals surface area (Å²) in [6.07, 6.45) is 1.64. The number of nitrogens with one attached hydrogen (secondary N) is 3. The average Bonchev–Trinajstić information content (AvgIpc) is 3.16.